The van der Waals surface area contributed by atoms with Gasteiger partial charge in [0.25, 0.3) is 0 Å². The molecule has 1 aliphatic heterocycles. The molecule has 1 aliphatic rings. The lowest BCUT2D eigenvalue weighted by atomic mass is 9.88. The van der Waals surface area contributed by atoms with Crippen molar-refractivity contribution in [3.63, 3.8) is 0 Å². The highest BCUT2D eigenvalue weighted by molar-refractivity contribution is 5.94. The van der Waals surface area contributed by atoms with Crippen LogP contribution < -0.4 is 4.90 Å². The van der Waals surface area contributed by atoms with Gasteiger partial charge >= 0.3 is 6.09 Å². The average Bonchev–Trinajstić information content (AvgIpc) is 3.07. The van der Waals surface area contributed by atoms with Crippen molar-refractivity contribution in [2.75, 3.05) is 4.90 Å². The highest BCUT2D eigenvalue weighted by Crippen LogP contribution is 2.42. The number of rotatable bonds is 3. The molecule has 0 saturated carbocycles. The standard InChI is InChI=1S/C18H23N5O3/c1-10(2)22(18(25)26)17-7-11(3)23(12(4)24)16-6-5-13(8-14(16)17)15-9-19-21-20-15/h5-6,8-11,17H,7H2,1-4H3,(H,25,26)(H,19,20,21)/t11-,17+/m0/s1. The van der Waals surface area contributed by atoms with Crippen LogP contribution in [0.5, 0.6) is 0 Å². The maximum Gasteiger partial charge on any atom is 0.408 e. The second kappa shape index (κ2) is 6.78. The van der Waals surface area contributed by atoms with E-state index in [4.69, 9.17) is 0 Å². The number of hydrogen-bond donors (Lipinski definition) is 2. The van der Waals surface area contributed by atoms with Gasteiger partial charge in [-0.05, 0) is 44.9 Å². The number of anilines is 1. The fourth-order valence-electron chi connectivity index (χ4n) is 3.79. The second-order valence-electron chi connectivity index (χ2n) is 6.91. The lowest BCUT2D eigenvalue weighted by Gasteiger charge is -2.43. The van der Waals surface area contributed by atoms with Crippen molar-refractivity contribution in [2.45, 2.75) is 52.2 Å². The van der Waals surface area contributed by atoms with Gasteiger partial charge < -0.3 is 10.0 Å². The minimum atomic E-state index is -0.966. The summed E-state index contributed by atoms with van der Waals surface area (Å²) in [7, 11) is 0. The number of aromatic amines is 1. The van der Waals surface area contributed by atoms with Gasteiger partial charge in [0.1, 0.15) is 5.69 Å². The number of fused-ring (bicyclic) bond motifs is 1. The van der Waals surface area contributed by atoms with Crippen molar-refractivity contribution >= 4 is 17.7 Å². The summed E-state index contributed by atoms with van der Waals surface area (Å²) in [4.78, 5) is 27.3. The maximum atomic E-state index is 12.2. The van der Waals surface area contributed by atoms with E-state index in [0.717, 1.165) is 16.8 Å². The largest absolute Gasteiger partial charge is 0.465 e. The van der Waals surface area contributed by atoms with Crippen LogP contribution in [-0.4, -0.2) is 49.5 Å². The van der Waals surface area contributed by atoms with E-state index >= 15 is 0 Å². The normalized spacial score (nSPS) is 19.3. The Morgan fingerprint density at radius 3 is 2.65 bits per heavy atom. The predicted octanol–water partition coefficient (Wildman–Crippen LogP) is 3.05. The Balaban J connectivity index is 2.17. The van der Waals surface area contributed by atoms with Gasteiger partial charge in [-0.25, -0.2) is 4.79 Å². The van der Waals surface area contributed by atoms with E-state index in [0.29, 0.717) is 12.1 Å². The molecule has 0 radical (unpaired) electrons. The zero-order chi connectivity index (χ0) is 19.0. The topological polar surface area (TPSA) is 102 Å². The molecule has 138 valence electrons. The number of nitrogens with one attached hydrogen (secondary N) is 1. The van der Waals surface area contributed by atoms with E-state index in [9.17, 15) is 14.7 Å². The van der Waals surface area contributed by atoms with E-state index in [1.165, 1.54) is 11.8 Å². The summed E-state index contributed by atoms with van der Waals surface area (Å²) in [5.41, 5.74) is 3.07. The number of benzene rings is 1. The van der Waals surface area contributed by atoms with Crippen LogP contribution in [0.1, 0.15) is 45.7 Å². The van der Waals surface area contributed by atoms with Crippen molar-refractivity contribution in [3.05, 3.63) is 30.0 Å². The number of carbonyl (C=O) groups is 2. The van der Waals surface area contributed by atoms with Gasteiger partial charge in [-0.1, -0.05) is 11.3 Å². The summed E-state index contributed by atoms with van der Waals surface area (Å²) in [5, 5.41) is 20.2. The van der Waals surface area contributed by atoms with Crippen LogP contribution in [0.3, 0.4) is 0 Å². The maximum absolute atomic E-state index is 12.2. The molecule has 0 bridgehead atoms. The molecular formula is C18H23N5O3. The summed E-state index contributed by atoms with van der Waals surface area (Å²) in [6.07, 6.45) is 1.26. The molecule has 8 nitrogen and oxygen atoms in total. The molecule has 2 aromatic rings. The van der Waals surface area contributed by atoms with Crippen LogP contribution in [0.2, 0.25) is 0 Å². The molecule has 0 aliphatic carbocycles. The van der Waals surface area contributed by atoms with E-state index in [2.05, 4.69) is 15.4 Å². The summed E-state index contributed by atoms with van der Waals surface area (Å²) in [6, 6.07) is 5.05. The first-order valence-corrected chi connectivity index (χ1v) is 8.63. The Bertz CT molecular complexity index is 818. The van der Waals surface area contributed by atoms with Crippen LogP contribution in [0.4, 0.5) is 10.5 Å². The molecule has 2 atom stereocenters. The predicted molar refractivity (Wildman–Crippen MR) is 96.8 cm³/mol. The molecule has 0 unspecified atom stereocenters. The van der Waals surface area contributed by atoms with Gasteiger partial charge in [0, 0.05) is 36.5 Å². The zero-order valence-electron chi connectivity index (χ0n) is 15.3. The van der Waals surface area contributed by atoms with Gasteiger partial charge in [0.15, 0.2) is 0 Å². The Kier molecular flexibility index (Phi) is 4.67. The minimum absolute atomic E-state index is 0.0576. The summed E-state index contributed by atoms with van der Waals surface area (Å²) in [6.45, 7) is 7.20. The van der Waals surface area contributed by atoms with E-state index < -0.39 is 6.09 Å². The number of H-pyrrole nitrogens is 1. The van der Waals surface area contributed by atoms with E-state index in [1.807, 2.05) is 39.0 Å². The fourth-order valence-corrected chi connectivity index (χ4v) is 3.79. The quantitative estimate of drug-likeness (QED) is 0.879. The Morgan fingerprint density at radius 1 is 1.38 bits per heavy atom. The van der Waals surface area contributed by atoms with Gasteiger partial charge in [0.2, 0.25) is 5.91 Å². The van der Waals surface area contributed by atoms with Crippen molar-refractivity contribution in [1.29, 1.82) is 0 Å². The van der Waals surface area contributed by atoms with Crippen LogP contribution in [0, 0.1) is 0 Å². The number of carboxylic acid groups (broad SMARTS) is 1. The van der Waals surface area contributed by atoms with Crippen LogP contribution in [0.15, 0.2) is 24.4 Å². The lowest BCUT2D eigenvalue weighted by molar-refractivity contribution is -0.117. The first kappa shape index (κ1) is 17.9. The molecule has 0 saturated heterocycles. The first-order chi connectivity index (χ1) is 12.3. The first-order valence-electron chi connectivity index (χ1n) is 8.63. The molecule has 3 rings (SSSR count). The molecule has 1 aromatic carbocycles. The van der Waals surface area contributed by atoms with Crippen molar-refractivity contribution in [2.24, 2.45) is 0 Å². The number of aromatic nitrogens is 3. The number of carbonyl (C=O) groups excluding carboxylic acids is 1. The monoisotopic (exact) mass is 357 g/mol. The van der Waals surface area contributed by atoms with Crippen LogP contribution >= 0.6 is 0 Å². The van der Waals surface area contributed by atoms with Crippen LogP contribution in [-0.2, 0) is 4.79 Å². The smallest absolute Gasteiger partial charge is 0.408 e. The average molecular weight is 357 g/mol. The Labute approximate surface area is 151 Å². The van der Waals surface area contributed by atoms with Gasteiger partial charge in [-0.2, -0.15) is 0 Å². The highest BCUT2D eigenvalue weighted by atomic mass is 16.4. The Morgan fingerprint density at radius 2 is 2.12 bits per heavy atom. The zero-order valence-corrected chi connectivity index (χ0v) is 15.3. The molecular weight excluding hydrogens is 334 g/mol. The van der Waals surface area contributed by atoms with Crippen LogP contribution in [0.25, 0.3) is 11.3 Å². The van der Waals surface area contributed by atoms with Crippen molar-refractivity contribution < 1.29 is 14.7 Å². The summed E-state index contributed by atoms with van der Waals surface area (Å²) in [5.74, 6) is -0.0576. The molecule has 26 heavy (non-hydrogen) atoms. The van der Waals surface area contributed by atoms with Gasteiger partial charge in [-0.3, -0.25) is 14.8 Å². The molecule has 0 spiro atoms. The molecule has 2 amide bonds. The molecule has 2 heterocycles. The molecule has 1 aromatic heterocycles. The fraction of sp³-hybridized carbons (Fsp3) is 0.444. The third-order valence-corrected chi connectivity index (χ3v) is 4.82. The summed E-state index contributed by atoms with van der Waals surface area (Å²) >= 11 is 0. The van der Waals surface area contributed by atoms with E-state index in [1.54, 1.807) is 11.1 Å². The molecule has 2 N–H and O–H groups in total. The lowest BCUT2D eigenvalue weighted by Crippen LogP contribution is -2.48. The minimum Gasteiger partial charge on any atom is -0.465 e. The number of amides is 2. The number of nitrogens with zero attached hydrogens (tertiary/aromatic N) is 4. The number of hydrogen-bond acceptors (Lipinski definition) is 4. The Hall–Kier alpha value is -2.90. The van der Waals surface area contributed by atoms with Crippen molar-refractivity contribution in [3.8, 4) is 11.3 Å². The third kappa shape index (κ3) is 3.02. The molecule has 0 fully saturated rings. The van der Waals surface area contributed by atoms with Crippen molar-refractivity contribution in [1.82, 2.24) is 20.3 Å². The molecule has 8 heteroatoms. The third-order valence-electron chi connectivity index (χ3n) is 4.82. The second-order valence-corrected chi connectivity index (χ2v) is 6.91. The SMILES string of the molecule is CC(=O)N1c2ccc(-c3c[nH]nn3)cc2[C@H](N(C(=O)O)C(C)C)C[C@@H]1C. The van der Waals surface area contributed by atoms with Gasteiger partial charge in [-0.15, -0.1) is 5.10 Å². The summed E-state index contributed by atoms with van der Waals surface area (Å²) < 4.78 is 0. The van der Waals surface area contributed by atoms with E-state index in [-0.39, 0.29) is 24.0 Å². The highest BCUT2D eigenvalue weighted by Gasteiger charge is 2.38. The van der Waals surface area contributed by atoms with Gasteiger partial charge in [0.05, 0.1) is 6.04 Å².